The van der Waals surface area contributed by atoms with Crippen LogP contribution in [-0.4, -0.2) is 87.2 Å². The topological polar surface area (TPSA) is 117 Å². The second-order valence-electron chi connectivity index (χ2n) is 7.76. The quantitative estimate of drug-likeness (QED) is 0.323. The molecule has 0 unspecified atom stereocenters. The molecule has 2 saturated heterocycles. The molecule has 0 aromatic rings. The number of cyclic esters (lactones) is 1. The van der Waals surface area contributed by atoms with Crippen molar-refractivity contribution in [3.8, 4) is 0 Å². The molecule has 0 aliphatic carbocycles. The minimum Gasteiger partial charge on any atom is -0.459 e. The zero-order valence-corrected chi connectivity index (χ0v) is 16.2. The summed E-state index contributed by atoms with van der Waals surface area (Å²) in [4.78, 5) is 27.5. The highest BCUT2D eigenvalue weighted by molar-refractivity contribution is 6.22. The summed E-state index contributed by atoms with van der Waals surface area (Å²) in [7, 11) is 0. The van der Waals surface area contributed by atoms with E-state index in [0.29, 0.717) is 19.5 Å². The number of alkyl halides is 1. The van der Waals surface area contributed by atoms with Crippen molar-refractivity contribution in [2.75, 3.05) is 26.3 Å². The first-order chi connectivity index (χ1) is 12.6. The van der Waals surface area contributed by atoms with Crippen molar-refractivity contribution < 1.29 is 34.4 Å². The lowest BCUT2D eigenvalue weighted by atomic mass is 9.79. The smallest absolute Gasteiger partial charge is 0.341 e. The van der Waals surface area contributed by atoms with E-state index in [9.17, 15) is 24.9 Å². The van der Waals surface area contributed by atoms with Crippen LogP contribution in [0.2, 0.25) is 0 Å². The van der Waals surface area contributed by atoms with Crippen LogP contribution in [0.5, 0.6) is 0 Å². The van der Waals surface area contributed by atoms with Crippen LogP contribution < -0.4 is 0 Å². The number of carbonyl (C=O) groups excluding carboxylic acids is 2. The van der Waals surface area contributed by atoms with E-state index in [2.05, 4.69) is 4.90 Å². The van der Waals surface area contributed by atoms with Gasteiger partial charge in [-0.3, -0.25) is 4.90 Å². The average Bonchev–Trinajstić information content (AvgIpc) is 3.20. The Labute approximate surface area is 162 Å². The van der Waals surface area contributed by atoms with Gasteiger partial charge in [0, 0.05) is 19.0 Å². The normalized spacial score (nSPS) is 41.7. The summed E-state index contributed by atoms with van der Waals surface area (Å²) in [5.74, 6) is -2.89. The summed E-state index contributed by atoms with van der Waals surface area (Å²) < 4.78 is 10.9. The van der Waals surface area contributed by atoms with E-state index in [-0.39, 0.29) is 19.1 Å². The van der Waals surface area contributed by atoms with Gasteiger partial charge < -0.3 is 24.8 Å². The first-order valence-corrected chi connectivity index (χ1v) is 9.58. The van der Waals surface area contributed by atoms with Crippen LogP contribution in [0.1, 0.15) is 26.7 Å². The lowest BCUT2D eigenvalue weighted by Gasteiger charge is -2.38. The Morgan fingerprint density at radius 2 is 2.07 bits per heavy atom. The number of carbonyl (C=O) groups is 2. The number of aliphatic hydroxyl groups excluding tert-OH is 1. The number of nitrogens with zero attached hydrogens (tertiary/aromatic N) is 1. The molecule has 2 fully saturated rings. The minimum atomic E-state index is -2.27. The Hall–Kier alpha value is -1.19. The molecule has 0 spiro atoms. The van der Waals surface area contributed by atoms with E-state index >= 15 is 0 Å². The maximum Gasteiger partial charge on any atom is 0.341 e. The van der Waals surface area contributed by atoms with Gasteiger partial charge in [-0.2, -0.15) is 0 Å². The molecule has 3 rings (SSSR count). The van der Waals surface area contributed by atoms with Crippen molar-refractivity contribution >= 4 is 23.5 Å². The van der Waals surface area contributed by atoms with Crippen molar-refractivity contribution in [1.29, 1.82) is 0 Å². The van der Waals surface area contributed by atoms with Gasteiger partial charge in [0.2, 0.25) is 0 Å². The van der Waals surface area contributed by atoms with Crippen molar-refractivity contribution in [2.24, 2.45) is 5.92 Å². The van der Waals surface area contributed by atoms with E-state index in [1.54, 1.807) is 0 Å². The van der Waals surface area contributed by atoms with Gasteiger partial charge in [0.25, 0.3) is 0 Å². The number of hydrogen-bond donors (Lipinski definition) is 3. The molecule has 0 aromatic heterocycles. The zero-order chi connectivity index (χ0) is 20.0. The third kappa shape index (κ3) is 3.38. The molecular weight excluding hydrogens is 378 g/mol. The van der Waals surface area contributed by atoms with E-state index in [4.69, 9.17) is 21.1 Å². The molecule has 0 saturated carbocycles. The number of halogens is 1. The summed E-state index contributed by atoms with van der Waals surface area (Å²) in [5, 5.41) is 30.3. The standard InChI is InChI=1S/C18H26ClNO7/c1-10-7-17(24,11(2)19)16(23)27-13-4-6-20-5-3-12(14(13)20)8-26-15(22)18(10,25)9-21/h3,10-11,13-14,21,24-25H,4-9H2,1-2H3/t10-,11+,13-,14-,17+,18-/m1/s1. The zero-order valence-electron chi connectivity index (χ0n) is 15.4. The summed E-state index contributed by atoms with van der Waals surface area (Å²) >= 11 is 6.10. The molecule has 0 amide bonds. The molecule has 0 radical (unpaired) electrons. The maximum atomic E-state index is 12.8. The SMILES string of the molecule is C[C@H](Cl)[C@@]1(O)C[C@@H](C)[C@](O)(CO)C(=O)OCC2=CCN3CC[C@@H](OC1=O)[C@@H]23. The van der Waals surface area contributed by atoms with Crippen molar-refractivity contribution in [1.82, 2.24) is 4.90 Å². The predicted molar refractivity (Wildman–Crippen MR) is 95.0 cm³/mol. The molecule has 3 aliphatic rings. The number of hydrogen-bond acceptors (Lipinski definition) is 8. The number of rotatable bonds is 2. The van der Waals surface area contributed by atoms with Gasteiger partial charge in [-0.05, 0) is 25.3 Å². The third-order valence-electron chi connectivity index (χ3n) is 6.08. The second kappa shape index (κ2) is 7.33. The van der Waals surface area contributed by atoms with Gasteiger partial charge >= 0.3 is 11.9 Å². The molecule has 3 heterocycles. The number of aliphatic hydroxyl groups is 3. The second-order valence-corrected chi connectivity index (χ2v) is 8.41. The van der Waals surface area contributed by atoms with Crippen molar-refractivity contribution in [2.45, 2.75) is 55.4 Å². The Bertz CT molecular complexity index is 654. The van der Waals surface area contributed by atoms with Gasteiger partial charge in [0.05, 0.1) is 18.0 Å². The molecule has 3 aliphatic heterocycles. The van der Waals surface area contributed by atoms with E-state index in [1.807, 2.05) is 6.08 Å². The summed E-state index contributed by atoms with van der Waals surface area (Å²) in [6.45, 7) is 3.27. The molecule has 152 valence electrons. The van der Waals surface area contributed by atoms with Crippen LogP contribution in [0.25, 0.3) is 0 Å². The van der Waals surface area contributed by atoms with Gasteiger partial charge in [-0.1, -0.05) is 13.0 Å². The van der Waals surface area contributed by atoms with Crippen LogP contribution in [0.15, 0.2) is 11.6 Å². The van der Waals surface area contributed by atoms with Crippen LogP contribution >= 0.6 is 11.6 Å². The van der Waals surface area contributed by atoms with Gasteiger partial charge in [-0.25, -0.2) is 9.59 Å². The Kier molecular flexibility index (Phi) is 5.58. The fraction of sp³-hybridized carbons (Fsp3) is 0.778. The van der Waals surface area contributed by atoms with Crippen molar-refractivity contribution in [3.63, 3.8) is 0 Å². The van der Waals surface area contributed by atoms with E-state index in [0.717, 1.165) is 5.57 Å². The van der Waals surface area contributed by atoms with E-state index in [1.165, 1.54) is 13.8 Å². The Morgan fingerprint density at radius 1 is 1.37 bits per heavy atom. The molecule has 9 heteroatoms. The molecular formula is C18H26ClNO7. The summed E-state index contributed by atoms with van der Waals surface area (Å²) in [6.07, 6.45) is 1.66. The first-order valence-electron chi connectivity index (χ1n) is 9.14. The Morgan fingerprint density at radius 3 is 2.70 bits per heavy atom. The predicted octanol–water partition coefficient (Wildman–Crippen LogP) is -0.423. The van der Waals surface area contributed by atoms with E-state index < -0.39 is 47.1 Å². The lowest BCUT2D eigenvalue weighted by Crippen LogP contribution is -2.57. The highest BCUT2D eigenvalue weighted by atomic mass is 35.5. The van der Waals surface area contributed by atoms with Crippen LogP contribution in [0.3, 0.4) is 0 Å². The molecule has 6 atom stereocenters. The van der Waals surface area contributed by atoms with Gasteiger partial charge in [-0.15, -0.1) is 11.6 Å². The fourth-order valence-electron chi connectivity index (χ4n) is 4.10. The highest BCUT2D eigenvalue weighted by Gasteiger charge is 2.53. The molecule has 0 bridgehead atoms. The van der Waals surface area contributed by atoms with Crippen LogP contribution in [0, 0.1) is 5.92 Å². The number of ether oxygens (including phenoxy) is 2. The molecule has 27 heavy (non-hydrogen) atoms. The third-order valence-corrected chi connectivity index (χ3v) is 6.44. The Balaban J connectivity index is 1.98. The maximum absolute atomic E-state index is 12.8. The highest BCUT2D eigenvalue weighted by Crippen LogP contribution is 2.37. The minimum absolute atomic E-state index is 0.0563. The van der Waals surface area contributed by atoms with Crippen LogP contribution in [-0.2, 0) is 19.1 Å². The largest absolute Gasteiger partial charge is 0.459 e. The fourth-order valence-corrected chi connectivity index (χ4v) is 4.28. The van der Waals surface area contributed by atoms with Crippen LogP contribution in [0.4, 0.5) is 0 Å². The monoisotopic (exact) mass is 403 g/mol. The summed E-state index contributed by atoms with van der Waals surface area (Å²) in [5.41, 5.74) is -3.62. The molecule has 0 aromatic carbocycles. The van der Waals surface area contributed by atoms with Crippen molar-refractivity contribution in [3.05, 3.63) is 11.6 Å². The summed E-state index contributed by atoms with van der Waals surface area (Å²) in [6, 6.07) is -0.240. The lowest BCUT2D eigenvalue weighted by molar-refractivity contribution is -0.188. The molecule has 3 N–H and O–H groups in total. The van der Waals surface area contributed by atoms with Gasteiger partial charge in [0.15, 0.2) is 11.2 Å². The van der Waals surface area contributed by atoms with Gasteiger partial charge in [0.1, 0.15) is 12.7 Å². The number of esters is 2. The first kappa shape index (κ1) is 20.5. The average molecular weight is 404 g/mol. The molecule has 8 nitrogen and oxygen atoms in total.